The first-order valence-corrected chi connectivity index (χ1v) is 21.2. The summed E-state index contributed by atoms with van der Waals surface area (Å²) >= 11 is 0. The van der Waals surface area contributed by atoms with Crippen LogP contribution >= 0.6 is 0 Å². The van der Waals surface area contributed by atoms with E-state index in [4.69, 9.17) is 0 Å². The molecule has 0 N–H and O–H groups in total. The van der Waals surface area contributed by atoms with Gasteiger partial charge in [0, 0.05) is 44.1 Å². The van der Waals surface area contributed by atoms with Gasteiger partial charge in [0.25, 0.3) is 0 Å². The van der Waals surface area contributed by atoms with Crippen LogP contribution in [0.5, 0.6) is 0 Å². The van der Waals surface area contributed by atoms with Crippen molar-refractivity contribution in [3.05, 3.63) is 216 Å². The van der Waals surface area contributed by atoms with Crippen LogP contribution in [-0.4, -0.2) is 4.57 Å². The van der Waals surface area contributed by atoms with E-state index in [0.29, 0.717) is 0 Å². The third-order valence-electron chi connectivity index (χ3n) is 13.8. The molecule has 2 heteroatoms. The number of nitrogens with zero attached hydrogens (tertiary/aromatic N) is 2. The van der Waals surface area contributed by atoms with Gasteiger partial charge < -0.3 is 9.47 Å². The van der Waals surface area contributed by atoms with Gasteiger partial charge in [0.1, 0.15) is 0 Å². The van der Waals surface area contributed by atoms with Gasteiger partial charge >= 0.3 is 0 Å². The second-order valence-corrected chi connectivity index (χ2v) is 17.7. The van der Waals surface area contributed by atoms with E-state index in [9.17, 15) is 0 Å². The van der Waals surface area contributed by atoms with E-state index in [1.54, 1.807) is 0 Å². The first-order chi connectivity index (χ1) is 29.3. The molecule has 0 fully saturated rings. The lowest BCUT2D eigenvalue weighted by Crippen LogP contribution is -2.17. The average Bonchev–Trinajstić information content (AvgIpc) is 3.84. The number of hydrogen-bond donors (Lipinski definition) is 0. The van der Waals surface area contributed by atoms with E-state index in [1.165, 1.54) is 93.9 Å². The molecule has 0 saturated heterocycles. The average molecular weight is 769 g/mol. The predicted molar refractivity (Wildman–Crippen MR) is 254 cm³/mol. The van der Waals surface area contributed by atoms with Crippen LogP contribution < -0.4 is 4.90 Å². The quantitative estimate of drug-likeness (QED) is 0.169. The molecular formula is C58H44N2. The Morgan fingerprint density at radius 3 is 1.67 bits per heavy atom. The van der Waals surface area contributed by atoms with Crippen molar-refractivity contribution in [2.24, 2.45) is 0 Å². The molecule has 0 radical (unpaired) electrons. The van der Waals surface area contributed by atoms with Crippen molar-refractivity contribution in [2.45, 2.75) is 38.5 Å². The van der Waals surface area contributed by atoms with E-state index >= 15 is 0 Å². The normalized spacial score (nSPS) is 14.3. The van der Waals surface area contributed by atoms with Gasteiger partial charge in [-0.25, -0.2) is 0 Å². The Labute approximate surface area is 351 Å². The second-order valence-electron chi connectivity index (χ2n) is 17.7. The SMILES string of the molecule is CC1(C)c2ccccc2-c2cc(N(c3cccc4c3-c3ccccc3C4(C)C)c3ccc4ccccc4c3-c3ccc(-n4c5ccccc5c5ccccc54)cc3)ccc21. The maximum absolute atomic E-state index is 2.56. The zero-order valence-corrected chi connectivity index (χ0v) is 34.4. The van der Waals surface area contributed by atoms with Crippen LogP contribution in [0.1, 0.15) is 49.9 Å². The van der Waals surface area contributed by atoms with Gasteiger partial charge in [0.15, 0.2) is 0 Å². The third-order valence-corrected chi connectivity index (χ3v) is 13.8. The molecule has 9 aromatic carbocycles. The summed E-state index contributed by atoms with van der Waals surface area (Å²) in [6.07, 6.45) is 0. The zero-order valence-electron chi connectivity index (χ0n) is 34.4. The summed E-state index contributed by atoms with van der Waals surface area (Å²) in [6, 6.07) is 72.4. The fourth-order valence-corrected chi connectivity index (χ4v) is 10.9. The highest BCUT2D eigenvalue weighted by Crippen LogP contribution is 2.57. The van der Waals surface area contributed by atoms with Gasteiger partial charge in [0.2, 0.25) is 0 Å². The Kier molecular flexibility index (Phi) is 7.36. The molecule has 2 nitrogen and oxygen atoms in total. The minimum atomic E-state index is -0.136. The first kappa shape index (κ1) is 34.8. The third kappa shape index (κ3) is 4.82. The first-order valence-electron chi connectivity index (χ1n) is 21.2. The lowest BCUT2D eigenvalue weighted by atomic mass is 9.82. The molecule has 12 rings (SSSR count). The molecule has 2 aliphatic carbocycles. The molecule has 0 amide bonds. The van der Waals surface area contributed by atoms with Crippen LogP contribution in [0.4, 0.5) is 17.1 Å². The minimum absolute atomic E-state index is 0.0849. The number of rotatable bonds is 5. The summed E-state index contributed by atoms with van der Waals surface area (Å²) in [5.74, 6) is 0. The van der Waals surface area contributed by atoms with Crippen molar-refractivity contribution in [3.63, 3.8) is 0 Å². The summed E-state index contributed by atoms with van der Waals surface area (Å²) in [4.78, 5) is 2.56. The fraction of sp³-hybridized carbons (Fsp3) is 0.103. The monoisotopic (exact) mass is 768 g/mol. The summed E-state index contributed by atoms with van der Waals surface area (Å²) in [5.41, 5.74) is 20.0. The molecule has 0 aliphatic heterocycles. The molecule has 0 atom stereocenters. The molecule has 0 unspecified atom stereocenters. The van der Waals surface area contributed by atoms with E-state index < -0.39 is 0 Å². The smallest absolute Gasteiger partial charge is 0.0546 e. The number of anilines is 3. The van der Waals surface area contributed by atoms with Crippen molar-refractivity contribution < 1.29 is 0 Å². The van der Waals surface area contributed by atoms with Crippen LogP contribution in [-0.2, 0) is 10.8 Å². The van der Waals surface area contributed by atoms with Crippen molar-refractivity contribution in [1.29, 1.82) is 0 Å². The molecule has 0 saturated carbocycles. The molecule has 60 heavy (non-hydrogen) atoms. The van der Waals surface area contributed by atoms with Crippen LogP contribution in [0.25, 0.3) is 71.6 Å². The standard InChI is InChI=1S/C58H44N2/c1-57(2)47-22-11-7-18-42(47)46-36-40(33-34-49(46)57)60(53-27-15-24-50-56(53)45-21-8-12-23-48(45)58(50,3)4)54-35-30-37-16-5-6-17-41(37)55(54)38-28-31-39(32-29-38)59-51-25-13-9-19-43(51)44-20-10-14-26-52(44)59/h5-36H,1-4H3. The topological polar surface area (TPSA) is 8.17 Å². The van der Waals surface area contributed by atoms with Gasteiger partial charge in [-0.2, -0.15) is 0 Å². The number of para-hydroxylation sites is 2. The van der Waals surface area contributed by atoms with E-state index in [0.717, 1.165) is 17.1 Å². The summed E-state index contributed by atoms with van der Waals surface area (Å²) < 4.78 is 2.40. The molecule has 10 aromatic rings. The van der Waals surface area contributed by atoms with E-state index in [1.807, 2.05) is 0 Å². The molecule has 1 heterocycles. The van der Waals surface area contributed by atoms with Gasteiger partial charge in [0.05, 0.1) is 22.4 Å². The van der Waals surface area contributed by atoms with Gasteiger partial charge in [-0.05, 0) is 104 Å². The van der Waals surface area contributed by atoms with Crippen molar-refractivity contribution >= 4 is 49.6 Å². The predicted octanol–water partition coefficient (Wildman–Crippen LogP) is 15.7. The highest BCUT2D eigenvalue weighted by molar-refractivity contribution is 6.10. The maximum Gasteiger partial charge on any atom is 0.0546 e. The van der Waals surface area contributed by atoms with Crippen LogP contribution in [0.2, 0.25) is 0 Å². The molecule has 0 bridgehead atoms. The van der Waals surface area contributed by atoms with Crippen LogP contribution in [0.15, 0.2) is 194 Å². The Morgan fingerprint density at radius 1 is 0.383 bits per heavy atom. The second kappa shape index (κ2) is 12.7. The summed E-state index contributed by atoms with van der Waals surface area (Å²) in [7, 11) is 0. The number of fused-ring (bicyclic) bond motifs is 10. The number of benzene rings is 9. The van der Waals surface area contributed by atoms with Gasteiger partial charge in [-0.3, -0.25) is 0 Å². The van der Waals surface area contributed by atoms with E-state index in [2.05, 4.69) is 231 Å². The Hall–Kier alpha value is -7.16. The zero-order chi connectivity index (χ0) is 40.3. The highest BCUT2D eigenvalue weighted by atomic mass is 15.1. The fourth-order valence-electron chi connectivity index (χ4n) is 10.9. The molecule has 0 spiro atoms. The Morgan fingerprint density at radius 2 is 0.933 bits per heavy atom. The Bertz CT molecular complexity index is 3320. The van der Waals surface area contributed by atoms with Crippen molar-refractivity contribution in [2.75, 3.05) is 4.90 Å². The van der Waals surface area contributed by atoms with Crippen molar-refractivity contribution in [3.8, 4) is 39.1 Å². The largest absolute Gasteiger partial charge is 0.309 e. The summed E-state index contributed by atoms with van der Waals surface area (Å²) in [5, 5.41) is 4.98. The number of hydrogen-bond acceptors (Lipinski definition) is 1. The number of aromatic nitrogens is 1. The van der Waals surface area contributed by atoms with Gasteiger partial charge in [-0.1, -0.05) is 173 Å². The van der Waals surface area contributed by atoms with Crippen LogP contribution in [0.3, 0.4) is 0 Å². The maximum atomic E-state index is 2.56. The summed E-state index contributed by atoms with van der Waals surface area (Å²) in [6.45, 7) is 9.48. The van der Waals surface area contributed by atoms with Gasteiger partial charge in [-0.15, -0.1) is 0 Å². The molecule has 286 valence electrons. The molecular weight excluding hydrogens is 725 g/mol. The van der Waals surface area contributed by atoms with Crippen LogP contribution in [0, 0.1) is 0 Å². The molecule has 1 aromatic heterocycles. The highest BCUT2D eigenvalue weighted by Gasteiger charge is 2.39. The lowest BCUT2D eigenvalue weighted by Gasteiger charge is -2.32. The van der Waals surface area contributed by atoms with Crippen molar-refractivity contribution in [1.82, 2.24) is 4.57 Å². The Balaban J connectivity index is 1.13. The minimum Gasteiger partial charge on any atom is -0.309 e. The molecule has 2 aliphatic rings. The van der Waals surface area contributed by atoms with E-state index in [-0.39, 0.29) is 10.8 Å². The lowest BCUT2D eigenvalue weighted by molar-refractivity contribution is 0.660.